The van der Waals surface area contributed by atoms with E-state index >= 15 is 0 Å². The van der Waals surface area contributed by atoms with Crippen LogP contribution in [0.2, 0.25) is 10.0 Å². The first-order valence-electron chi connectivity index (χ1n) is 9.02. The number of hydrogen-bond acceptors (Lipinski definition) is 0. The topological polar surface area (TPSA) is 0 Å². The molecule has 23 heavy (non-hydrogen) atoms. The maximum absolute atomic E-state index is 7.62. The summed E-state index contributed by atoms with van der Waals surface area (Å²) in [5, 5.41) is 1.47. The van der Waals surface area contributed by atoms with Crippen LogP contribution in [0, 0.1) is 0 Å². The Morgan fingerprint density at radius 3 is 1.70 bits per heavy atom. The van der Waals surface area contributed by atoms with Crippen molar-refractivity contribution in [2.24, 2.45) is 0 Å². The molecule has 0 heterocycles. The Morgan fingerprint density at radius 2 is 1.30 bits per heavy atom. The number of halogens is 3. The van der Waals surface area contributed by atoms with Crippen molar-refractivity contribution in [1.82, 2.24) is 0 Å². The Balaban J connectivity index is 3.16. The fraction of sp³-hybridized carbons (Fsp3) is 0.684. The van der Waals surface area contributed by atoms with Crippen LogP contribution in [-0.2, 0) is 6.16 Å². The van der Waals surface area contributed by atoms with Gasteiger partial charge in [0.1, 0.15) is 0 Å². The molecule has 0 atom stereocenters. The maximum atomic E-state index is 7.62. The van der Waals surface area contributed by atoms with Gasteiger partial charge >= 0.3 is 158 Å². The van der Waals surface area contributed by atoms with Gasteiger partial charge in [-0.25, -0.2) is 0 Å². The van der Waals surface area contributed by atoms with Crippen LogP contribution in [0.1, 0.15) is 64.9 Å². The molecular weight excluding hydrogens is 366 g/mol. The van der Waals surface area contributed by atoms with Crippen molar-refractivity contribution in [2.45, 2.75) is 65.5 Å². The molecule has 1 aromatic carbocycles. The van der Waals surface area contributed by atoms with Gasteiger partial charge in [0.2, 0.25) is 0 Å². The quantitative estimate of drug-likeness (QED) is 0.328. The normalized spacial score (nSPS) is 13.7. The first kappa shape index (κ1) is 21.6. The predicted molar refractivity (Wildman–Crippen MR) is 112 cm³/mol. The molecule has 0 bridgehead atoms. The molecule has 0 N–H and O–H groups in total. The Bertz CT molecular complexity index is 463. The zero-order chi connectivity index (χ0) is 17.4. The summed E-state index contributed by atoms with van der Waals surface area (Å²) in [4.78, 5) is 0. The summed E-state index contributed by atoms with van der Waals surface area (Å²) >= 11 is 20.2. The first-order valence-corrected chi connectivity index (χ1v) is 13.7. The SMILES string of the molecule is CCCCP(Cl)(CCCC)(CCCC)Cc1ccc(Cl)cc1Cl. The summed E-state index contributed by atoms with van der Waals surface area (Å²) in [7, 11) is 0. The van der Waals surface area contributed by atoms with Crippen molar-refractivity contribution in [1.29, 1.82) is 0 Å². The Kier molecular flexibility index (Phi) is 9.25. The van der Waals surface area contributed by atoms with Gasteiger partial charge in [-0.2, -0.15) is 0 Å². The fourth-order valence-electron chi connectivity index (χ4n) is 3.31. The van der Waals surface area contributed by atoms with E-state index in [0.717, 1.165) is 11.2 Å². The summed E-state index contributed by atoms with van der Waals surface area (Å²) < 4.78 is 0. The van der Waals surface area contributed by atoms with Crippen molar-refractivity contribution in [3.05, 3.63) is 33.8 Å². The monoisotopic (exact) mass is 396 g/mol. The third kappa shape index (κ3) is 6.74. The zero-order valence-electron chi connectivity index (χ0n) is 14.9. The molecule has 0 aliphatic rings. The minimum absolute atomic E-state index is 0.698. The van der Waals surface area contributed by atoms with Gasteiger partial charge in [0.15, 0.2) is 0 Å². The first-order chi connectivity index (χ1) is 10.9. The Labute approximate surface area is 158 Å². The molecule has 1 aromatic rings. The summed E-state index contributed by atoms with van der Waals surface area (Å²) in [6, 6.07) is 5.88. The van der Waals surface area contributed by atoms with Crippen molar-refractivity contribution in [3.8, 4) is 0 Å². The van der Waals surface area contributed by atoms with Crippen molar-refractivity contribution >= 4 is 40.4 Å². The molecule has 134 valence electrons. The minimum atomic E-state index is -2.29. The third-order valence-corrected chi connectivity index (χ3v) is 12.7. The van der Waals surface area contributed by atoms with Crippen LogP contribution in [0.15, 0.2) is 18.2 Å². The van der Waals surface area contributed by atoms with Crippen LogP contribution in [0.4, 0.5) is 0 Å². The molecule has 0 nitrogen and oxygen atoms in total. The molecule has 0 aliphatic carbocycles. The third-order valence-electron chi connectivity index (χ3n) is 4.79. The number of benzene rings is 1. The van der Waals surface area contributed by atoms with E-state index < -0.39 is 5.96 Å². The average Bonchev–Trinajstić information content (AvgIpc) is 2.53. The molecule has 0 saturated heterocycles. The van der Waals surface area contributed by atoms with E-state index in [-0.39, 0.29) is 0 Å². The van der Waals surface area contributed by atoms with E-state index in [0.29, 0.717) is 5.02 Å². The summed E-state index contributed by atoms with van der Waals surface area (Å²) in [5.41, 5.74) is 1.19. The van der Waals surface area contributed by atoms with Gasteiger partial charge in [-0.1, -0.05) is 0 Å². The van der Waals surface area contributed by atoms with Crippen LogP contribution in [0.25, 0.3) is 0 Å². The second-order valence-electron chi connectivity index (χ2n) is 6.95. The number of rotatable bonds is 11. The second kappa shape index (κ2) is 9.86. The van der Waals surface area contributed by atoms with Crippen molar-refractivity contribution < 1.29 is 0 Å². The standard InChI is InChI=1S/C19H32Cl3P/c1-4-7-12-23(22,13-8-5-2,14-9-6-3)16-17-10-11-18(20)15-19(17)21/h10-11,15H,4-9,12-14,16H2,1-3H3. The molecule has 0 aromatic heterocycles. The van der Waals surface area contributed by atoms with E-state index in [9.17, 15) is 0 Å². The van der Waals surface area contributed by atoms with Crippen LogP contribution in [0.3, 0.4) is 0 Å². The van der Waals surface area contributed by atoms with Gasteiger partial charge < -0.3 is 0 Å². The van der Waals surface area contributed by atoms with Gasteiger partial charge in [0.25, 0.3) is 0 Å². The van der Waals surface area contributed by atoms with E-state index in [4.69, 9.17) is 34.4 Å². The van der Waals surface area contributed by atoms with E-state index in [1.807, 2.05) is 12.1 Å². The van der Waals surface area contributed by atoms with Crippen LogP contribution < -0.4 is 0 Å². The van der Waals surface area contributed by atoms with Gasteiger partial charge in [-0.05, 0) is 0 Å². The molecule has 0 radical (unpaired) electrons. The summed E-state index contributed by atoms with van der Waals surface area (Å²) in [5.74, 6) is -2.29. The van der Waals surface area contributed by atoms with Crippen molar-refractivity contribution in [3.63, 3.8) is 0 Å². The van der Waals surface area contributed by atoms with Crippen molar-refractivity contribution in [2.75, 3.05) is 18.5 Å². The van der Waals surface area contributed by atoms with E-state index in [1.165, 1.54) is 62.6 Å². The molecule has 4 heteroatoms. The van der Waals surface area contributed by atoms with Crippen LogP contribution in [-0.4, -0.2) is 18.5 Å². The number of hydrogen-bond donors (Lipinski definition) is 0. The fourth-order valence-corrected chi connectivity index (χ4v) is 10.9. The van der Waals surface area contributed by atoms with Crippen LogP contribution in [0.5, 0.6) is 0 Å². The summed E-state index contributed by atoms with van der Waals surface area (Å²) in [6.45, 7) is 6.77. The summed E-state index contributed by atoms with van der Waals surface area (Å²) in [6.07, 6.45) is 11.8. The molecule has 0 spiro atoms. The van der Waals surface area contributed by atoms with Gasteiger partial charge in [0.05, 0.1) is 0 Å². The Morgan fingerprint density at radius 1 is 0.826 bits per heavy atom. The van der Waals surface area contributed by atoms with Gasteiger partial charge in [0, 0.05) is 0 Å². The molecule has 0 amide bonds. The molecule has 0 fully saturated rings. The zero-order valence-corrected chi connectivity index (χ0v) is 18.0. The molecule has 0 saturated carbocycles. The predicted octanol–water partition coefficient (Wildman–Crippen LogP) is 8.60. The van der Waals surface area contributed by atoms with Gasteiger partial charge in [-0.15, -0.1) is 0 Å². The Hall–Kier alpha value is 0.520. The van der Waals surface area contributed by atoms with Gasteiger partial charge in [-0.3, -0.25) is 0 Å². The van der Waals surface area contributed by atoms with Crippen LogP contribution >= 0.6 is 40.4 Å². The molecule has 0 aliphatic heterocycles. The molecule has 0 unspecified atom stereocenters. The molecular formula is C19H32Cl3P. The molecule has 1 rings (SSSR count). The number of unbranched alkanes of at least 4 members (excludes halogenated alkanes) is 3. The second-order valence-corrected chi connectivity index (χ2v) is 16.0. The van der Waals surface area contributed by atoms with E-state index in [2.05, 4.69) is 26.8 Å². The van der Waals surface area contributed by atoms with E-state index in [1.54, 1.807) is 0 Å². The average molecular weight is 398 g/mol.